The molecule has 37 heavy (non-hydrogen) atoms. The standard InChI is InChI=1S/C28H23Br2N3O4/c1-4-16(2)36-25-14-21(30)18(13-24(25)35-3)15-31-33-27(32-22-8-6-5-7-20(22)28(33)34)26-12-17-11-19(29)9-10-23(17)37-26/h5-16H,4H2,1-3H3/t16-/m1/s1. The molecule has 0 spiro atoms. The second-order valence-corrected chi connectivity index (χ2v) is 10.2. The fourth-order valence-corrected chi connectivity index (χ4v) is 4.64. The van der Waals surface area contributed by atoms with Crippen LogP contribution in [-0.4, -0.2) is 29.1 Å². The van der Waals surface area contributed by atoms with Crippen molar-refractivity contribution < 1.29 is 13.9 Å². The van der Waals surface area contributed by atoms with Crippen molar-refractivity contribution in [1.82, 2.24) is 9.66 Å². The molecule has 7 nitrogen and oxygen atoms in total. The van der Waals surface area contributed by atoms with Crippen molar-refractivity contribution in [2.45, 2.75) is 26.4 Å². The molecule has 0 saturated carbocycles. The normalized spacial score (nSPS) is 12.5. The van der Waals surface area contributed by atoms with E-state index in [2.05, 4.69) is 43.9 Å². The van der Waals surface area contributed by atoms with Crippen LogP contribution < -0.4 is 15.0 Å². The largest absolute Gasteiger partial charge is 0.493 e. The van der Waals surface area contributed by atoms with Crippen molar-refractivity contribution in [3.05, 3.63) is 85.5 Å². The highest BCUT2D eigenvalue weighted by Gasteiger charge is 2.17. The Morgan fingerprint density at radius 3 is 2.70 bits per heavy atom. The number of methoxy groups -OCH3 is 1. The molecule has 0 aliphatic heterocycles. The molecular weight excluding hydrogens is 602 g/mol. The number of ether oxygens (including phenoxy) is 2. The summed E-state index contributed by atoms with van der Waals surface area (Å²) in [5, 5.41) is 5.89. The molecule has 0 radical (unpaired) electrons. The van der Waals surface area contributed by atoms with Gasteiger partial charge in [0, 0.05) is 19.9 Å². The molecule has 9 heteroatoms. The maximum Gasteiger partial charge on any atom is 0.282 e. The smallest absolute Gasteiger partial charge is 0.282 e. The molecule has 0 aliphatic rings. The number of para-hydroxylation sites is 1. The molecule has 2 aromatic heterocycles. The molecule has 0 saturated heterocycles. The predicted molar refractivity (Wildman–Crippen MR) is 153 cm³/mol. The summed E-state index contributed by atoms with van der Waals surface area (Å²) in [6.07, 6.45) is 2.48. The number of aromatic nitrogens is 2. The summed E-state index contributed by atoms with van der Waals surface area (Å²) in [7, 11) is 1.59. The zero-order chi connectivity index (χ0) is 26.1. The SMILES string of the molecule is CC[C@@H](C)Oc1cc(Br)c(C=Nn2c(-c3cc4cc(Br)ccc4o3)nc3ccccc3c2=O)cc1OC. The van der Waals surface area contributed by atoms with E-state index in [9.17, 15) is 4.79 Å². The first-order chi connectivity index (χ1) is 17.9. The summed E-state index contributed by atoms with van der Waals surface area (Å²) in [5.41, 5.74) is 1.64. The summed E-state index contributed by atoms with van der Waals surface area (Å²) >= 11 is 7.08. The maximum atomic E-state index is 13.5. The van der Waals surface area contributed by atoms with Crippen molar-refractivity contribution >= 4 is 59.9 Å². The molecule has 0 fully saturated rings. The Hall–Kier alpha value is -3.43. The van der Waals surface area contributed by atoms with E-state index in [4.69, 9.17) is 18.9 Å². The van der Waals surface area contributed by atoms with Gasteiger partial charge in [-0.3, -0.25) is 4.79 Å². The van der Waals surface area contributed by atoms with Crippen LogP contribution in [0.2, 0.25) is 0 Å². The zero-order valence-corrected chi connectivity index (χ0v) is 23.5. The molecule has 0 amide bonds. The second kappa shape index (κ2) is 10.5. The molecule has 5 aromatic rings. The van der Waals surface area contributed by atoms with Gasteiger partial charge in [0.25, 0.3) is 5.56 Å². The van der Waals surface area contributed by atoms with Crippen LogP contribution in [0.5, 0.6) is 11.5 Å². The van der Waals surface area contributed by atoms with Crippen LogP contribution in [0.1, 0.15) is 25.8 Å². The third-order valence-electron chi connectivity index (χ3n) is 5.95. The highest BCUT2D eigenvalue weighted by Crippen LogP contribution is 2.34. The number of benzene rings is 3. The van der Waals surface area contributed by atoms with Crippen molar-refractivity contribution in [3.8, 4) is 23.1 Å². The van der Waals surface area contributed by atoms with Gasteiger partial charge in [-0.2, -0.15) is 9.78 Å². The van der Waals surface area contributed by atoms with Gasteiger partial charge in [0.05, 0.1) is 30.3 Å². The molecular formula is C28H23Br2N3O4. The lowest BCUT2D eigenvalue weighted by Crippen LogP contribution is -2.20. The first-order valence-corrected chi connectivity index (χ1v) is 13.3. The van der Waals surface area contributed by atoms with Crippen molar-refractivity contribution in [3.63, 3.8) is 0 Å². The van der Waals surface area contributed by atoms with Gasteiger partial charge in [0.2, 0.25) is 5.82 Å². The number of nitrogens with zero attached hydrogens (tertiary/aromatic N) is 3. The fraction of sp³-hybridized carbons (Fsp3) is 0.179. The van der Waals surface area contributed by atoms with Crippen molar-refractivity contribution in [1.29, 1.82) is 0 Å². The van der Waals surface area contributed by atoms with E-state index in [0.29, 0.717) is 45.1 Å². The summed E-state index contributed by atoms with van der Waals surface area (Å²) in [4.78, 5) is 18.3. The minimum atomic E-state index is -0.307. The molecule has 0 bridgehead atoms. The Kier molecular flexibility index (Phi) is 7.17. The molecule has 2 heterocycles. The van der Waals surface area contributed by atoms with Crippen LogP contribution in [-0.2, 0) is 0 Å². The summed E-state index contributed by atoms with van der Waals surface area (Å²) in [6, 6.07) is 18.4. The predicted octanol–water partition coefficient (Wildman–Crippen LogP) is 7.40. The van der Waals surface area contributed by atoms with Gasteiger partial charge in [-0.1, -0.05) is 35.0 Å². The fourth-order valence-electron chi connectivity index (χ4n) is 3.84. The lowest BCUT2D eigenvalue weighted by Gasteiger charge is -2.16. The van der Waals surface area contributed by atoms with Crippen LogP contribution in [0, 0.1) is 0 Å². The Morgan fingerprint density at radius 2 is 1.92 bits per heavy atom. The number of halogens is 2. The third kappa shape index (κ3) is 5.06. The monoisotopic (exact) mass is 623 g/mol. The topological polar surface area (TPSA) is 78.9 Å². The highest BCUT2D eigenvalue weighted by molar-refractivity contribution is 9.10. The summed E-state index contributed by atoms with van der Waals surface area (Å²) in [5.74, 6) is 1.92. The summed E-state index contributed by atoms with van der Waals surface area (Å²) < 4.78 is 20.5. The molecule has 0 N–H and O–H groups in total. The van der Waals surface area contributed by atoms with Gasteiger partial charge in [-0.25, -0.2) is 4.98 Å². The number of hydrogen-bond acceptors (Lipinski definition) is 6. The average molecular weight is 625 g/mol. The van der Waals surface area contributed by atoms with Gasteiger partial charge in [0.1, 0.15) is 5.58 Å². The maximum absolute atomic E-state index is 13.5. The van der Waals surface area contributed by atoms with Gasteiger partial charge in [-0.05, 0) is 77.8 Å². The Labute approximate surface area is 230 Å². The van der Waals surface area contributed by atoms with Crippen molar-refractivity contribution in [2.24, 2.45) is 5.10 Å². The second-order valence-electron chi connectivity index (χ2n) is 8.47. The van der Waals surface area contributed by atoms with E-state index in [1.807, 2.05) is 49.4 Å². The van der Waals surface area contributed by atoms with Gasteiger partial charge in [-0.15, -0.1) is 0 Å². The van der Waals surface area contributed by atoms with E-state index < -0.39 is 0 Å². The quantitative estimate of drug-likeness (QED) is 0.176. The Bertz CT molecular complexity index is 1710. The average Bonchev–Trinajstić information content (AvgIpc) is 3.32. The van der Waals surface area contributed by atoms with E-state index >= 15 is 0 Å². The van der Waals surface area contributed by atoms with Gasteiger partial charge in [0.15, 0.2) is 17.3 Å². The van der Waals surface area contributed by atoms with E-state index in [1.54, 1.807) is 31.5 Å². The van der Waals surface area contributed by atoms with Gasteiger partial charge >= 0.3 is 0 Å². The van der Waals surface area contributed by atoms with Crippen LogP contribution in [0.3, 0.4) is 0 Å². The van der Waals surface area contributed by atoms with E-state index in [1.165, 1.54) is 4.68 Å². The molecule has 0 aliphatic carbocycles. The molecule has 188 valence electrons. The molecule has 3 aromatic carbocycles. The first-order valence-electron chi connectivity index (χ1n) is 11.7. The minimum Gasteiger partial charge on any atom is -0.493 e. The lowest BCUT2D eigenvalue weighted by atomic mass is 10.2. The van der Waals surface area contributed by atoms with E-state index in [-0.39, 0.29) is 11.7 Å². The number of hydrogen-bond donors (Lipinski definition) is 0. The molecule has 5 rings (SSSR count). The third-order valence-corrected chi connectivity index (χ3v) is 7.13. The number of rotatable bonds is 7. The van der Waals surface area contributed by atoms with Gasteiger partial charge < -0.3 is 13.9 Å². The van der Waals surface area contributed by atoms with Crippen molar-refractivity contribution in [2.75, 3.05) is 7.11 Å². The van der Waals surface area contributed by atoms with Crippen LogP contribution in [0.15, 0.2) is 83.9 Å². The first kappa shape index (κ1) is 25.2. The molecule has 0 unspecified atom stereocenters. The molecule has 1 atom stereocenters. The highest BCUT2D eigenvalue weighted by atomic mass is 79.9. The zero-order valence-electron chi connectivity index (χ0n) is 20.4. The summed E-state index contributed by atoms with van der Waals surface area (Å²) in [6.45, 7) is 4.06. The van der Waals surface area contributed by atoms with Crippen LogP contribution in [0.4, 0.5) is 0 Å². The van der Waals surface area contributed by atoms with E-state index in [0.717, 1.165) is 20.8 Å². The lowest BCUT2D eigenvalue weighted by molar-refractivity contribution is 0.207. The minimum absolute atomic E-state index is 0.0366. The Balaban J connectivity index is 1.65. The number of furan rings is 1. The van der Waals surface area contributed by atoms with Crippen LogP contribution >= 0.6 is 31.9 Å². The Morgan fingerprint density at radius 1 is 1.11 bits per heavy atom. The number of fused-ring (bicyclic) bond motifs is 2. The van der Waals surface area contributed by atoms with Crippen LogP contribution in [0.25, 0.3) is 33.5 Å².